The van der Waals surface area contributed by atoms with Gasteiger partial charge in [0, 0.05) is 19.3 Å². The van der Waals surface area contributed by atoms with E-state index in [2.05, 4.69) is 27.7 Å². The van der Waals surface area contributed by atoms with E-state index >= 15 is 0 Å². The van der Waals surface area contributed by atoms with Crippen LogP contribution in [0.3, 0.4) is 0 Å². The zero-order valence-electron chi connectivity index (χ0n) is 41.6. The molecule has 61 heavy (non-hydrogen) atoms. The molecular weight excluding hydrogens is 757 g/mol. The van der Waals surface area contributed by atoms with Gasteiger partial charge < -0.3 is 14.2 Å². The van der Waals surface area contributed by atoms with Crippen LogP contribution in [0.25, 0.3) is 0 Å². The van der Waals surface area contributed by atoms with Gasteiger partial charge in [-0.25, -0.2) is 0 Å². The molecule has 0 rings (SSSR count). The zero-order chi connectivity index (χ0) is 44.5. The maximum absolute atomic E-state index is 12.8. The first-order chi connectivity index (χ1) is 29.9. The molecule has 0 bridgehead atoms. The van der Waals surface area contributed by atoms with Crippen molar-refractivity contribution in [2.24, 2.45) is 5.92 Å². The highest BCUT2D eigenvalue weighted by atomic mass is 16.6. The Balaban J connectivity index is 4.23. The molecule has 0 aromatic carbocycles. The Morgan fingerprint density at radius 2 is 0.541 bits per heavy atom. The van der Waals surface area contributed by atoms with Crippen molar-refractivity contribution in [3.8, 4) is 0 Å². The number of rotatable bonds is 50. The number of ether oxygens (including phenoxy) is 3. The van der Waals surface area contributed by atoms with Crippen LogP contribution in [0.5, 0.6) is 0 Å². The zero-order valence-corrected chi connectivity index (χ0v) is 41.6. The van der Waals surface area contributed by atoms with Gasteiger partial charge in [0.25, 0.3) is 0 Å². The van der Waals surface area contributed by atoms with Crippen LogP contribution in [0.4, 0.5) is 0 Å². The Morgan fingerprint density at radius 3 is 0.803 bits per heavy atom. The summed E-state index contributed by atoms with van der Waals surface area (Å²) in [6, 6.07) is 0. The lowest BCUT2D eigenvalue weighted by atomic mass is 10.0. The van der Waals surface area contributed by atoms with Gasteiger partial charge in [-0.1, -0.05) is 272 Å². The van der Waals surface area contributed by atoms with Crippen LogP contribution >= 0.6 is 0 Å². The number of hydrogen-bond acceptors (Lipinski definition) is 6. The summed E-state index contributed by atoms with van der Waals surface area (Å²) in [7, 11) is 0. The molecule has 1 atom stereocenters. The molecule has 0 unspecified atom stereocenters. The van der Waals surface area contributed by atoms with E-state index in [1.165, 1.54) is 205 Å². The second kappa shape index (κ2) is 49.4. The molecule has 0 heterocycles. The first kappa shape index (κ1) is 59.4. The minimum atomic E-state index is -0.761. The van der Waals surface area contributed by atoms with Crippen LogP contribution in [0, 0.1) is 5.92 Å². The standard InChI is InChI=1S/C55H106O6/c1-5-7-9-11-13-15-17-19-21-23-25-27-29-31-33-38-42-46-53(56)59-49-52(50-60-54(57)47-43-39-36-35-37-41-45-51(3)4)61-55(58)48-44-40-34-32-30-28-26-24-22-20-18-16-14-12-10-8-6-2/h51-52H,5-50H2,1-4H3/t52-/m1/s1. The molecule has 362 valence electrons. The van der Waals surface area contributed by atoms with Crippen molar-refractivity contribution in [3.05, 3.63) is 0 Å². The first-order valence-corrected chi connectivity index (χ1v) is 27.4. The summed E-state index contributed by atoms with van der Waals surface area (Å²) in [4.78, 5) is 38.0. The minimum Gasteiger partial charge on any atom is -0.462 e. The van der Waals surface area contributed by atoms with Crippen molar-refractivity contribution in [2.45, 2.75) is 316 Å². The number of carbonyl (C=O) groups excluding carboxylic acids is 3. The maximum Gasteiger partial charge on any atom is 0.306 e. The highest BCUT2D eigenvalue weighted by Crippen LogP contribution is 2.17. The molecule has 0 aliphatic carbocycles. The van der Waals surface area contributed by atoms with Crippen LogP contribution in [-0.4, -0.2) is 37.2 Å². The van der Waals surface area contributed by atoms with Gasteiger partial charge in [0.2, 0.25) is 0 Å². The molecule has 0 fully saturated rings. The lowest BCUT2D eigenvalue weighted by Gasteiger charge is -2.18. The van der Waals surface area contributed by atoms with Gasteiger partial charge in [-0.05, 0) is 25.2 Å². The smallest absolute Gasteiger partial charge is 0.306 e. The fourth-order valence-corrected chi connectivity index (χ4v) is 8.39. The molecule has 0 aromatic heterocycles. The Bertz CT molecular complexity index is 918. The highest BCUT2D eigenvalue weighted by molar-refractivity contribution is 5.71. The lowest BCUT2D eigenvalue weighted by molar-refractivity contribution is -0.167. The predicted molar refractivity (Wildman–Crippen MR) is 261 cm³/mol. The third-order valence-electron chi connectivity index (χ3n) is 12.5. The number of carbonyl (C=O) groups is 3. The molecule has 0 aliphatic rings. The van der Waals surface area contributed by atoms with E-state index in [1.807, 2.05) is 0 Å². The van der Waals surface area contributed by atoms with E-state index in [-0.39, 0.29) is 31.1 Å². The molecule has 0 saturated carbocycles. The topological polar surface area (TPSA) is 78.9 Å². The Labute approximate surface area is 380 Å². The van der Waals surface area contributed by atoms with Crippen LogP contribution in [-0.2, 0) is 28.6 Å². The summed E-state index contributed by atoms with van der Waals surface area (Å²) in [6.07, 6.45) is 52.5. The van der Waals surface area contributed by atoms with Gasteiger partial charge in [0.1, 0.15) is 13.2 Å². The fourth-order valence-electron chi connectivity index (χ4n) is 8.39. The largest absolute Gasteiger partial charge is 0.462 e. The Hall–Kier alpha value is -1.59. The second-order valence-corrected chi connectivity index (χ2v) is 19.3. The van der Waals surface area contributed by atoms with Gasteiger partial charge >= 0.3 is 17.9 Å². The van der Waals surface area contributed by atoms with E-state index in [1.54, 1.807) is 0 Å². The maximum atomic E-state index is 12.8. The number of esters is 3. The summed E-state index contributed by atoms with van der Waals surface area (Å²) in [5.41, 5.74) is 0. The van der Waals surface area contributed by atoms with Crippen molar-refractivity contribution in [1.29, 1.82) is 0 Å². The molecule has 6 heteroatoms. The predicted octanol–water partition coefficient (Wildman–Crippen LogP) is 17.8. The van der Waals surface area contributed by atoms with E-state index in [0.717, 1.165) is 63.7 Å². The molecule has 0 aliphatic heterocycles. The molecule has 0 radical (unpaired) electrons. The van der Waals surface area contributed by atoms with Gasteiger partial charge in [-0.3, -0.25) is 14.4 Å². The van der Waals surface area contributed by atoms with Crippen LogP contribution in [0.1, 0.15) is 310 Å². The van der Waals surface area contributed by atoms with Gasteiger partial charge in [0.05, 0.1) is 0 Å². The third kappa shape index (κ3) is 49.3. The summed E-state index contributed by atoms with van der Waals surface area (Å²) in [6.45, 7) is 8.97. The summed E-state index contributed by atoms with van der Waals surface area (Å²) in [5.74, 6) is -0.0824. The SMILES string of the molecule is CCCCCCCCCCCCCCCCCCCC(=O)OC[C@H](COC(=O)CCCCCCCCC(C)C)OC(=O)CCCCCCCCCCCCCCCCCCC. The molecule has 0 amide bonds. The number of unbranched alkanes of at least 4 members (excludes halogenated alkanes) is 37. The van der Waals surface area contributed by atoms with Crippen molar-refractivity contribution >= 4 is 17.9 Å². The minimum absolute atomic E-state index is 0.0633. The van der Waals surface area contributed by atoms with Crippen LogP contribution in [0.15, 0.2) is 0 Å². The molecule has 6 nitrogen and oxygen atoms in total. The monoisotopic (exact) mass is 863 g/mol. The Kier molecular flexibility index (Phi) is 48.1. The first-order valence-electron chi connectivity index (χ1n) is 27.4. The molecule has 0 spiro atoms. The average molecular weight is 863 g/mol. The van der Waals surface area contributed by atoms with Crippen LogP contribution < -0.4 is 0 Å². The molecule has 0 N–H and O–H groups in total. The summed E-state index contributed by atoms with van der Waals surface area (Å²) in [5, 5.41) is 0. The molecule has 0 saturated heterocycles. The third-order valence-corrected chi connectivity index (χ3v) is 12.5. The van der Waals surface area contributed by atoms with Crippen molar-refractivity contribution < 1.29 is 28.6 Å². The van der Waals surface area contributed by atoms with Crippen molar-refractivity contribution in [1.82, 2.24) is 0 Å². The van der Waals surface area contributed by atoms with Gasteiger partial charge in [-0.2, -0.15) is 0 Å². The lowest BCUT2D eigenvalue weighted by Crippen LogP contribution is -2.30. The molecule has 0 aromatic rings. The van der Waals surface area contributed by atoms with E-state index < -0.39 is 6.10 Å². The summed E-state index contributed by atoms with van der Waals surface area (Å²) >= 11 is 0. The van der Waals surface area contributed by atoms with Crippen molar-refractivity contribution in [2.75, 3.05) is 13.2 Å². The van der Waals surface area contributed by atoms with E-state index in [4.69, 9.17) is 14.2 Å². The number of hydrogen-bond donors (Lipinski definition) is 0. The highest BCUT2D eigenvalue weighted by Gasteiger charge is 2.19. The Morgan fingerprint density at radius 1 is 0.311 bits per heavy atom. The van der Waals surface area contributed by atoms with Crippen LogP contribution in [0.2, 0.25) is 0 Å². The van der Waals surface area contributed by atoms with E-state index in [9.17, 15) is 14.4 Å². The van der Waals surface area contributed by atoms with Gasteiger partial charge in [-0.15, -0.1) is 0 Å². The molecular formula is C55H106O6. The second-order valence-electron chi connectivity index (χ2n) is 19.3. The fraction of sp³-hybridized carbons (Fsp3) is 0.945. The van der Waals surface area contributed by atoms with Gasteiger partial charge in [0.15, 0.2) is 6.10 Å². The van der Waals surface area contributed by atoms with Crippen molar-refractivity contribution in [3.63, 3.8) is 0 Å². The quantitative estimate of drug-likeness (QED) is 0.0344. The average Bonchev–Trinajstić information content (AvgIpc) is 3.24. The summed E-state index contributed by atoms with van der Waals surface area (Å²) < 4.78 is 16.8. The normalized spacial score (nSPS) is 12.0. The van der Waals surface area contributed by atoms with E-state index in [0.29, 0.717) is 19.3 Å².